The van der Waals surface area contributed by atoms with Crippen molar-refractivity contribution < 1.29 is 17.9 Å². The molecule has 1 aromatic heterocycles. The van der Waals surface area contributed by atoms with Crippen molar-refractivity contribution in [3.63, 3.8) is 0 Å². The standard InChI is InChI=1S/C18H23N3O4S/c1-13(2)21-26(23,24)12-15-6-4-14(5-7-15)10-20-18(22)16-8-9-17(25-3)19-11-16/h4-9,11,13,21H,10,12H2,1-3H3,(H,20,22). The molecular weight excluding hydrogens is 354 g/mol. The quantitative estimate of drug-likeness (QED) is 0.732. The Balaban J connectivity index is 1.91. The number of carbonyl (C=O) groups is 1. The third-order valence-electron chi connectivity index (χ3n) is 3.46. The highest BCUT2D eigenvalue weighted by Crippen LogP contribution is 2.10. The predicted octanol–water partition coefficient (Wildman–Crippen LogP) is 1.85. The van der Waals surface area contributed by atoms with Gasteiger partial charge in [0.25, 0.3) is 5.91 Å². The number of carbonyl (C=O) groups excluding carboxylic acids is 1. The molecule has 0 aliphatic heterocycles. The Morgan fingerprint density at radius 3 is 2.31 bits per heavy atom. The minimum absolute atomic E-state index is 0.0741. The van der Waals surface area contributed by atoms with E-state index < -0.39 is 10.0 Å². The molecule has 26 heavy (non-hydrogen) atoms. The summed E-state index contributed by atoms with van der Waals surface area (Å²) >= 11 is 0. The first kappa shape index (κ1) is 19.9. The Labute approximate surface area is 153 Å². The van der Waals surface area contributed by atoms with E-state index in [9.17, 15) is 13.2 Å². The van der Waals surface area contributed by atoms with Gasteiger partial charge in [-0.15, -0.1) is 0 Å². The van der Waals surface area contributed by atoms with Crippen LogP contribution in [0, 0.1) is 0 Å². The van der Waals surface area contributed by atoms with Gasteiger partial charge in [-0.05, 0) is 31.0 Å². The number of rotatable bonds is 8. The van der Waals surface area contributed by atoms with Crippen LogP contribution in [0.4, 0.5) is 0 Å². The predicted molar refractivity (Wildman–Crippen MR) is 99.3 cm³/mol. The fraction of sp³-hybridized carbons (Fsp3) is 0.333. The summed E-state index contributed by atoms with van der Waals surface area (Å²) < 4.78 is 31.4. The molecule has 0 saturated carbocycles. The van der Waals surface area contributed by atoms with E-state index in [0.717, 1.165) is 5.56 Å². The summed E-state index contributed by atoms with van der Waals surface area (Å²) in [7, 11) is -1.84. The van der Waals surface area contributed by atoms with E-state index in [1.54, 1.807) is 50.2 Å². The van der Waals surface area contributed by atoms with Crippen LogP contribution in [0.25, 0.3) is 0 Å². The Kier molecular flexibility index (Phi) is 6.70. The van der Waals surface area contributed by atoms with E-state index in [1.807, 2.05) is 0 Å². The highest BCUT2D eigenvalue weighted by molar-refractivity contribution is 7.88. The number of ether oxygens (including phenoxy) is 1. The average Bonchev–Trinajstić information content (AvgIpc) is 2.59. The van der Waals surface area contributed by atoms with Gasteiger partial charge >= 0.3 is 0 Å². The molecule has 0 atom stereocenters. The van der Waals surface area contributed by atoms with Crippen LogP contribution in [0.5, 0.6) is 5.88 Å². The maximum Gasteiger partial charge on any atom is 0.253 e. The van der Waals surface area contributed by atoms with Gasteiger partial charge in [-0.25, -0.2) is 18.1 Å². The van der Waals surface area contributed by atoms with Crippen LogP contribution in [0.3, 0.4) is 0 Å². The van der Waals surface area contributed by atoms with Crippen molar-refractivity contribution in [2.75, 3.05) is 7.11 Å². The van der Waals surface area contributed by atoms with Gasteiger partial charge in [0.1, 0.15) is 0 Å². The number of nitrogens with zero attached hydrogens (tertiary/aromatic N) is 1. The molecule has 2 aromatic rings. The Bertz CT molecular complexity index is 832. The normalized spacial score (nSPS) is 11.4. The lowest BCUT2D eigenvalue weighted by molar-refractivity contribution is 0.0950. The number of benzene rings is 1. The molecule has 0 fully saturated rings. The molecule has 1 amide bonds. The van der Waals surface area contributed by atoms with Crippen molar-refractivity contribution >= 4 is 15.9 Å². The first-order chi connectivity index (χ1) is 12.3. The van der Waals surface area contributed by atoms with Crippen LogP contribution < -0.4 is 14.8 Å². The van der Waals surface area contributed by atoms with Crippen molar-refractivity contribution in [1.82, 2.24) is 15.0 Å². The van der Waals surface area contributed by atoms with Gasteiger partial charge in [0.05, 0.1) is 18.4 Å². The van der Waals surface area contributed by atoms with Crippen LogP contribution >= 0.6 is 0 Å². The van der Waals surface area contributed by atoms with Crippen molar-refractivity contribution in [2.24, 2.45) is 0 Å². The molecule has 0 unspecified atom stereocenters. The lowest BCUT2D eigenvalue weighted by Gasteiger charge is -2.10. The number of pyridine rings is 1. The van der Waals surface area contributed by atoms with E-state index in [-0.39, 0.29) is 17.7 Å². The van der Waals surface area contributed by atoms with Gasteiger partial charge in [0, 0.05) is 24.8 Å². The third kappa shape index (κ3) is 6.12. The summed E-state index contributed by atoms with van der Waals surface area (Å²) in [4.78, 5) is 16.1. The highest BCUT2D eigenvalue weighted by Gasteiger charge is 2.13. The van der Waals surface area contributed by atoms with Crippen LogP contribution in [0.15, 0.2) is 42.6 Å². The lowest BCUT2D eigenvalue weighted by atomic mass is 10.1. The van der Waals surface area contributed by atoms with Crippen molar-refractivity contribution in [2.45, 2.75) is 32.2 Å². The van der Waals surface area contributed by atoms with E-state index in [4.69, 9.17) is 4.74 Å². The highest BCUT2D eigenvalue weighted by atomic mass is 32.2. The third-order valence-corrected chi connectivity index (χ3v) is 5.00. The van der Waals surface area contributed by atoms with Gasteiger partial charge in [0.2, 0.25) is 15.9 Å². The molecule has 0 radical (unpaired) electrons. The summed E-state index contributed by atoms with van der Waals surface area (Å²) in [6.45, 7) is 3.89. The minimum atomic E-state index is -3.35. The number of methoxy groups -OCH3 is 1. The zero-order valence-electron chi connectivity index (χ0n) is 15.0. The van der Waals surface area contributed by atoms with Crippen LogP contribution in [-0.2, 0) is 22.3 Å². The molecule has 8 heteroatoms. The van der Waals surface area contributed by atoms with Gasteiger partial charge in [0.15, 0.2) is 0 Å². The smallest absolute Gasteiger partial charge is 0.253 e. The van der Waals surface area contributed by atoms with Gasteiger partial charge in [-0.1, -0.05) is 24.3 Å². The van der Waals surface area contributed by atoms with Crippen LogP contribution in [-0.4, -0.2) is 32.5 Å². The van der Waals surface area contributed by atoms with Crippen molar-refractivity contribution in [3.8, 4) is 5.88 Å². The molecule has 1 aromatic carbocycles. The van der Waals surface area contributed by atoms with E-state index >= 15 is 0 Å². The summed E-state index contributed by atoms with van der Waals surface area (Å²) in [5, 5.41) is 2.80. The topological polar surface area (TPSA) is 97.4 Å². The number of sulfonamides is 1. The van der Waals surface area contributed by atoms with Crippen LogP contribution in [0.2, 0.25) is 0 Å². The molecule has 7 nitrogen and oxygen atoms in total. The zero-order chi connectivity index (χ0) is 19.2. The van der Waals surface area contributed by atoms with E-state index in [1.165, 1.54) is 13.3 Å². The Morgan fingerprint density at radius 2 is 1.77 bits per heavy atom. The molecule has 0 bridgehead atoms. The second kappa shape index (κ2) is 8.77. The fourth-order valence-electron chi connectivity index (χ4n) is 2.29. The maximum absolute atomic E-state index is 12.1. The molecule has 140 valence electrons. The molecule has 0 saturated heterocycles. The van der Waals surface area contributed by atoms with Gasteiger partial charge in [-0.3, -0.25) is 4.79 Å². The monoisotopic (exact) mass is 377 g/mol. The zero-order valence-corrected chi connectivity index (χ0v) is 15.8. The molecular formula is C18H23N3O4S. The molecule has 2 rings (SSSR count). The van der Waals surface area contributed by atoms with Gasteiger partial charge in [-0.2, -0.15) is 0 Å². The number of amides is 1. The Morgan fingerprint density at radius 1 is 1.12 bits per heavy atom. The molecule has 0 aliphatic carbocycles. The van der Waals surface area contributed by atoms with E-state index in [2.05, 4.69) is 15.0 Å². The van der Waals surface area contributed by atoms with Crippen molar-refractivity contribution in [3.05, 3.63) is 59.3 Å². The minimum Gasteiger partial charge on any atom is -0.481 e. The van der Waals surface area contributed by atoms with Gasteiger partial charge < -0.3 is 10.1 Å². The first-order valence-corrected chi connectivity index (χ1v) is 9.80. The molecule has 2 N–H and O–H groups in total. The molecule has 0 spiro atoms. The second-order valence-corrected chi connectivity index (χ2v) is 7.87. The SMILES string of the molecule is COc1ccc(C(=O)NCc2ccc(CS(=O)(=O)NC(C)C)cc2)cn1. The summed E-state index contributed by atoms with van der Waals surface area (Å²) in [6.07, 6.45) is 1.45. The lowest BCUT2D eigenvalue weighted by Crippen LogP contribution is -2.31. The Hall–Kier alpha value is -2.45. The number of nitrogens with one attached hydrogen (secondary N) is 2. The number of hydrogen-bond donors (Lipinski definition) is 2. The van der Waals surface area contributed by atoms with E-state index in [0.29, 0.717) is 23.6 Å². The van der Waals surface area contributed by atoms with Crippen molar-refractivity contribution in [1.29, 1.82) is 0 Å². The second-order valence-electron chi connectivity index (χ2n) is 6.12. The maximum atomic E-state index is 12.1. The molecule has 1 heterocycles. The largest absolute Gasteiger partial charge is 0.481 e. The number of aromatic nitrogens is 1. The average molecular weight is 377 g/mol. The number of hydrogen-bond acceptors (Lipinski definition) is 5. The summed E-state index contributed by atoms with van der Waals surface area (Å²) in [5.41, 5.74) is 2.00. The summed E-state index contributed by atoms with van der Waals surface area (Å²) in [5.74, 6) is 0.127. The molecule has 0 aliphatic rings. The fourth-order valence-corrected chi connectivity index (χ4v) is 3.73. The summed E-state index contributed by atoms with van der Waals surface area (Å²) in [6, 6.07) is 10.2. The van der Waals surface area contributed by atoms with Crippen LogP contribution in [0.1, 0.15) is 35.3 Å². The first-order valence-electron chi connectivity index (χ1n) is 8.15.